The van der Waals surface area contributed by atoms with Gasteiger partial charge in [0.25, 0.3) is 5.91 Å². The molecule has 3 aromatic rings. The Morgan fingerprint density at radius 1 is 1.13 bits per heavy atom. The van der Waals surface area contributed by atoms with Gasteiger partial charge in [0.1, 0.15) is 12.2 Å². The number of carbonyl (C=O) groups is 3. The molecule has 0 spiro atoms. The third-order valence-corrected chi connectivity index (χ3v) is 5.04. The van der Waals surface area contributed by atoms with Crippen LogP contribution in [0.25, 0.3) is 17.0 Å². The highest BCUT2D eigenvalue weighted by atomic mass is 16.2. The Bertz CT molecular complexity index is 1220. The SMILES string of the molecule is C=CCN1C(=O)N/C(=C\c2cn(CC(=O)Nc3ccc(C)cc3)c3ccccc23)C1=O. The van der Waals surface area contributed by atoms with Crippen LogP contribution < -0.4 is 10.6 Å². The number of amides is 4. The van der Waals surface area contributed by atoms with E-state index in [1.807, 2.05) is 66.2 Å². The zero-order valence-corrected chi connectivity index (χ0v) is 17.1. The van der Waals surface area contributed by atoms with Crippen LogP contribution >= 0.6 is 0 Å². The first-order valence-corrected chi connectivity index (χ1v) is 9.86. The van der Waals surface area contributed by atoms with Gasteiger partial charge < -0.3 is 15.2 Å². The Morgan fingerprint density at radius 2 is 1.87 bits per heavy atom. The average molecular weight is 414 g/mol. The molecule has 0 aliphatic carbocycles. The first kappa shape index (κ1) is 20.2. The first-order chi connectivity index (χ1) is 15.0. The molecule has 1 fully saturated rings. The molecule has 156 valence electrons. The van der Waals surface area contributed by atoms with Gasteiger partial charge in [-0.1, -0.05) is 42.0 Å². The van der Waals surface area contributed by atoms with Crippen LogP contribution in [0.3, 0.4) is 0 Å². The molecule has 1 aliphatic rings. The maximum absolute atomic E-state index is 12.6. The molecular formula is C24H22N4O3. The van der Waals surface area contributed by atoms with Crippen molar-refractivity contribution in [3.05, 3.63) is 84.2 Å². The van der Waals surface area contributed by atoms with E-state index in [2.05, 4.69) is 17.2 Å². The van der Waals surface area contributed by atoms with E-state index in [4.69, 9.17) is 0 Å². The van der Waals surface area contributed by atoms with E-state index in [1.165, 1.54) is 6.08 Å². The van der Waals surface area contributed by atoms with Crippen molar-refractivity contribution < 1.29 is 14.4 Å². The van der Waals surface area contributed by atoms with Gasteiger partial charge in [0.15, 0.2) is 0 Å². The molecule has 0 saturated carbocycles. The lowest BCUT2D eigenvalue weighted by Crippen LogP contribution is -2.30. The van der Waals surface area contributed by atoms with Crippen LogP contribution in [0.5, 0.6) is 0 Å². The number of benzene rings is 2. The normalized spacial score (nSPS) is 14.9. The number of para-hydroxylation sites is 1. The molecular weight excluding hydrogens is 392 g/mol. The molecule has 31 heavy (non-hydrogen) atoms. The smallest absolute Gasteiger partial charge is 0.329 e. The van der Waals surface area contributed by atoms with Crippen LogP contribution in [0, 0.1) is 6.92 Å². The van der Waals surface area contributed by atoms with E-state index in [0.29, 0.717) is 0 Å². The second-order valence-corrected chi connectivity index (χ2v) is 7.34. The first-order valence-electron chi connectivity index (χ1n) is 9.86. The fourth-order valence-corrected chi connectivity index (χ4v) is 3.54. The lowest BCUT2D eigenvalue weighted by molar-refractivity contribution is -0.122. The minimum Gasteiger partial charge on any atom is -0.337 e. The van der Waals surface area contributed by atoms with Crippen LogP contribution in [0.2, 0.25) is 0 Å². The number of anilines is 1. The minimum absolute atomic E-state index is 0.112. The standard InChI is InChI=1S/C24H22N4O3/c1-3-12-28-23(30)20(26-24(28)31)13-17-14-27(21-7-5-4-6-19(17)21)15-22(29)25-18-10-8-16(2)9-11-18/h3-11,13-14H,1,12,15H2,2H3,(H,25,29)(H,26,31)/b20-13-. The Hall–Kier alpha value is -4.13. The number of rotatable bonds is 6. The molecule has 1 aromatic heterocycles. The average Bonchev–Trinajstić information content (AvgIpc) is 3.22. The molecule has 0 radical (unpaired) electrons. The summed E-state index contributed by atoms with van der Waals surface area (Å²) in [6, 6.07) is 14.7. The summed E-state index contributed by atoms with van der Waals surface area (Å²) in [5, 5.41) is 6.37. The lowest BCUT2D eigenvalue weighted by atomic mass is 10.1. The van der Waals surface area contributed by atoms with Gasteiger partial charge in [-0.05, 0) is 31.2 Å². The molecule has 4 rings (SSSR count). The number of hydrogen-bond acceptors (Lipinski definition) is 3. The minimum atomic E-state index is -0.475. The highest BCUT2D eigenvalue weighted by Crippen LogP contribution is 2.25. The fourth-order valence-electron chi connectivity index (χ4n) is 3.54. The van der Waals surface area contributed by atoms with Crippen molar-refractivity contribution in [2.24, 2.45) is 0 Å². The third kappa shape index (κ3) is 4.11. The zero-order chi connectivity index (χ0) is 22.0. The molecule has 1 saturated heterocycles. The van der Waals surface area contributed by atoms with Gasteiger partial charge >= 0.3 is 6.03 Å². The van der Waals surface area contributed by atoms with Crippen molar-refractivity contribution in [2.75, 3.05) is 11.9 Å². The molecule has 0 bridgehead atoms. The number of nitrogens with zero attached hydrogens (tertiary/aromatic N) is 2. The highest BCUT2D eigenvalue weighted by molar-refractivity contribution is 6.14. The summed E-state index contributed by atoms with van der Waals surface area (Å²) in [7, 11) is 0. The Kier molecular flexibility index (Phi) is 5.41. The number of aromatic nitrogens is 1. The van der Waals surface area contributed by atoms with E-state index in [9.17, 15) is 14.4 Å². The summed E-state index contributed by atoms with van der Waals surface area (Å²) in [5.41, 5.74) is 3.64. The molecule has 2 heterocycles. The van der Waals surface area contributed by atoms with Crippen LogP contribution in [0.1, 0.15) is 11.1 Å². The van der Waals surface area contributed by atoms with E-state index in [0.717, 1.165) is 32.6 Å². The van der Waals surface area contributed by atoms with Crippen LogP contribution in [-0.2, 0) is 16.1 Å². The number of aryl methyl sites for hydroxylation is 1. The van der Waals surface area contributed by atoms with Crippen molar-refractivity contribution in [3.8, 4) is 0 Å². The fraction of sp³-hybridized carbons (Fsp3) is 0.125. The van der Waals surface area contributed by atoms with Crippen LogP contribution in [-0.4, -0.2) is 33.9 Å². The van der Waals surface area contributed by atoms with Crippen molar-refractivity contribution in [2.45, 2.75) is 13.5 Å². The Balaban J connectivity index is 1.61. The van der Waals surface area contributed by atoms with Crippen LogP contribution in [0.15, 0.2) is 73.1 Å². The largest absolute Gasteiger partial charge is 0.337 e. The number of fused-ring (bicyclic) bond motifs is 1. The van der Waals surface area contributed by atoms with Gasteiger partial charge in [-0.15, -0.1) is 6.58 Å². The second-order valence-electron chi connectivity index (χ2n) is 7.34. The Labute approximate surface area is 179 Å². The maximum Gasteiger partial charge on any atom is 0.329 e. The van der Waals surface area contributed by atoms with Crippen molar-refractivity contribution in [3.63, 3.8) is 0 Å². The van der Waals surface area contributed by atoms with Gasteiger partial charge in [-0.3, -0.25) is 14.5 Å². The van der Waals surface area contributed by atoms with E-state index in [-0.39, 0.29) is 24.7 Å². The summed E-state index contributed by atoms with van der Waals surface area (Å²) in [5.74, 6) is -0.565. The number of hydrogen-bond donors (Lipinski definition) is 2. The van der Waals surface area contributed by atoms with Gasteiger partial charge in [-0.25, -0.2) is 4.79 Å². The third-order valence-electron chi connectivity index (χ3n) is 5.04. The number of imide groups is 1. The van der Waals surface area contributed by atoms with Crippen molar-refractivity contribution in [1.82, 2.24) is 14.8 Å². The molecule has 7 nitrogen and oxygen atoms in total. The summed E-state index contributed by atoms with van der Waals surface area (Å²) in [6.45, 7) is 5.81. The molecule has 4 amide bonds. The highest BCUT2D eigenvalue weighted by Gasteiger charge is 2.32. The summed E-state index contributed by atoms with van der Waals surface area (Å²) < 4.78 is 1.83. The van der Waals surface area contributed by atoms with Crippen LogP contribution in [0.4, 0.5) is 10.5 Å². The van der Waals surface area contributed by atoms with Crippen molar-refractivity contribution in [1.29, 1.82) is 0 Å². The summed E-state index contributed by atoms with van der Waals surface area (Å²) in [6.07, 6.45) is 4.95. The number of urea groups is 1. The van der Waals surface area contributed by atoms with Crippen molar-refractivity contribution >= 4 is 40.5 Å². The predicted molar refractivity (Wildman–Crippen MR) is 120 cm³/mol. The molecule has 0 atom stereocenters. The quantitative estimate of drug-likeness (QED) is 0.367. The van der Waals surface area contributed by atoms with E-state index in [1.54, 1.807) is 6.08 Å². The Morgan fingerprint density at radius 3 is 2.61 bits per heavy atom. The molecule has 2 aromatic carbocycles. The molecule has 0 unspecified atom stereocenters. The molecule has 1 aliphatic heterocycles. The number of nitrogens with one attached hydrogen (secondary N) is 2. The lowest BCUT2D eigenvalue weighted by Gasteiger charge is -2.07. The van der Waals surface area contributed by atoms with Gasteiger partial charge in [0, 0.05) is 34.9 Å². The predicted octanol–water partition coefficient (Wildman–Crippen LogP) is 3.67. The summed E-state index contributed by atoms with van der Waals surface area (Å²) in [4.78, 5) is 38.2. The van der Waals surface area contributed by atoms with E-state index >= 15 is 0 Å². The second kappa shape index (κ2) is 8.31. The molecule has 2 N–H and O–H groups in total. The topological polar surface area (TPSA) is 83.4 Å². The number of carbonyl (C=O) groups excluding carboxylic acids is 3. The van der Waals surface area contributed by atoms with Gasteiger partial charge in [-0.2, -0.15) is 0 Å². The van der Waals surface area contributed by atoms with Gasteiger partial charge in [0.2, 0.25) is 5.91 Å². The molecule has 7 heteroatoms. The van der Waals surface area contributed by atoms with Gasteiger partial charge in [0.05, 0.1) is 0 Å². The summed E-state index contributed by atoms with van der Waals surface area (Å²) >= 11 is 0. The maximum atomic E-state index is 12.6. The monoisotopic (exact) mass is 414 g/mol. The zero-order valence-electron chi connectivity index (χ0n) is 17.1. The van der Waals surface area contributed by atoms with E-state index < -0.39 is 11.9 Å².